The van der Waals surface area contributed by atoms with Crippen LogP contribution < -0.4 is 14.8 Å². The highest BCUT2D eigenvalue weighted by atomic mass is 32.2. The minimum atomic E-state index is -3.58. The van der Waals surface area contributed by atoms with Gasteiger partial charge in [-0.2, -0.15) is 0 Å². The van der Waals surface area contributed by atoms with Crippen LogP contribution in [-0.2, 0) is 14.8 Å². The maximum Gasteiger partial charge on any atom is 0.268 e. The Morgan fingerprint density at radius 2 is 2.00 bits per heavy atom. The van der Waals surface area contributed by atoms with Crippen molar-refractivity contribution in [3.8, 4) is 5.75 Å². The molecule has 7 heteroatoms. The van der Waals surface area contributed by atoms with E-state index >= 15 is 0 Å². The van der Waals surface area contributed by atoms with E-state index in [2.05, 4.69) is 10.0 Å². The lowest BCUT2D eigenvalue weighted by Gasteiger charge is -2.31. The topological polar surface area (TPSA) is 84.5 Å². The van der Waals surface area contributed by atoms with E-state index in [-0.39, 0.29) is 16.7 Å². The highest BCUT2D eigenvalue weighted by molar-refractivity contribution is 7.89. The van der Waals surface area contributed by atoms with E-state index < -0.39 is 15.6 Å². The van der Waals surface area contributed by atoms with Crippen molar-refractivity contribution < 1.29 is 17.9 Å². The monoisotopic (exact) mass is 312 g/mol. The molecule has 1 aromatic rings. The minimum absolute atomic E-state index is 0.119. The van der Waals surface area contributed by atoms with Gasteiger partial charge in [-0.3, -0.25) is 4.79 Å². The van der Waals surface area contributed by atoms with Crippen LogP contribution in [0, 0.1) is 5.92 Å². The molecule has 1 aliphatic rings. The third kappa shape index (κ3) is 3.36. The van der Waals surface area contributed by atoms with Gasteiger partial charge in [-0.25, -0.2) is 13.1 Å². The smallest absolute Gasteiger partial charge is 0.268 e. The number of hydrogen-bond donors (Lipinski definition) is 2. The Labute approximate surface area is 124 Å². The molecule has 1 amide bonds. The Kier molecular flexibility index (Phi) is 3.99. The van der Waals surface area contributed by atoms with Crippen LogP contribution in [-0.4, -0.2) is 26.5 Å². The van der Waals surface area contributed by atoms with E-state index in [1.807, 2.05) is 13.8 Å². The van der Waals surface area contributed by atoms with Crippen LogP contribution in [0.1, 0.15) is 27.7 Å². The summed E-state index contributed by atoms with van der Waals surface area (Å²) in [5.41, 5.74) is -0.553. The van der Waals surface area contributed by atoms with Gasteiger partial charge < -0.3 is 10.1 Å². The molecule has 2 N–H and O–H groups in total. The van der Waals surface area contributed by atoms with Crippen LogP contribution in [0.4, 0.5) is 5.69 Å². The molecule has 0 fully saturated rings. The Bertz CT molecular complexity index is 666. The van der Waals surface area contributed by atoms with Gasteiger partial charge in [0.2, 0.25) is 10.0 Å². The van der Waals surface area contributed by atoms with Crippen molar-refractivity contribution in [3.05, 3.63) is 18.2 Å². The molecular formula is C14H20N2O4S. The number of ether oxygens (including phenoxy) is 1. The maximum atomic E-state index is 12.2. The van der Waals surface area contributed by atoms with Crippen LogP contribution in [0.15, 0.2) is 23.1 Å². The summed E-state index contributed by atoms with van der Waals surface area (Å²) in [7, 11) is -3.58. The molecule has 1 aromatic carbocycles. The summed E-state index contributed by atoms with van der Waals surface area (Å²) in [4.78, 5) is 11.9. The van der Waals surface area contributed by atoms with Gasteiger partial charge in [-0.05, 0) is 31.9 Å². The van der Waals surface area contributed by atoms with Crippen molar-refractivity contribution in [2.75, 3.05) is 11.9 Å². The van der Waals surface area contributed by atoms with Crippen molar-refractivity contribution in [2.45, 2.75) is 38.2 Å². The summed E-state index contributed by atoms with van der Waals surface area (Å²) in [5.74, 6) is 0.308. The van der Waals surface area contributed by atoms with E-state index in [4.69, 9.17) is 4.74 Å². The predicted octanol–water partition coefficient (Wildman–Crippen LogP) is 1.73. The summed E-state index contributed by atoms with van der Waals surface area (Å²) in [6, 6.07) is 4.41. The van der Waals surface area contributed by atoms with Gasteiger partial charge in [0.05, 0.1) is 10.6 Å². The molecule has 21 heavy (non-hydrogen) atoms. The van der Waals surface area contributed by atoms with Crippen molar-refractivity contribution >= 4 is 21.6 Å². The van der Waals surface area contributed by atoms with E-state index in [0.29, 0.717) is 18.0 Å². The zero-order chi connectivity index (χ0) is 15.8. The number of anilines is 1. The molecule has 0 atom stereocenters. The number of fused-ring (bicyclic) bond motifs is 1. The van der Waals surface area contributed by atoms with E-state index in [0.717, 1.165) is 0 Å². The van der Waals surface area contributed by atoms with Gasteiger partial charge in [-0.15, -0.1) is 0 Å². The van der Waals surface area contributed by atoms with Crippen molar-refractivity contribution in [2.24, 2.45) is 5.92 Å². The fourth-order valence-corrected chi connectivity index (χ4v) is 3.04. The maximum absolute atomic E-state index is 12.2. The first-order chi connectivity index (χ1) is 9.62. The van der Waals surface area contributed by atoms with Crippen LogP contribution in [0.2, 0.25) is 0 Å². The molecule has 0 saturated carbocycles. The highest BCUT2D eigenvalue weighted by Crippen LogP contribution is 2.35. The Balaban J connectivity index is 2.32. The average Bonchev–Trinajstić information content (AvgIpc) is 2.37. The lowest BCUT2D eigenvalue weighted by Crippen LogP contribution is -2.45. The van der Waals surface area contributed by atoms with Crippen molar-refractivity contribution in [1.82, 2.24) is 4.72 Å². The molecule has 6 nitrogen and oxygen atoms in total. The molecule has 0 unspecified atom stereocenters. The van der Waals surface area contributed by atoms with E-state index in [1.54, 1.807) is 13.8 Å². The standard InChI is InChI=1S/C14H20N2O4S/c1-9(2)8-15-21(18,19)10-5-6-11-12(7-10)20-14(3,4)13(17)16-11/h5-7,9,15H,8H2,1-4H3,(H,16,17). The fraction of sp³-hybridized carbons (Fsp3) is 0.500. The van der Waals surface area contributed by atoms with Gasteiger partial charge in [0.15, 0.2) is 5.60 Å². The lowest BCUT2D eigenvalue weighted by atomic mass is 10.1. The predicted molar refractivity (Wildman–Crippen MR) is 79.8 cm³/mol. The summed E-state index contributed by atoms with van der Waals surface area (Å²) < 4.78 is 32.5. The van der Waals surface area contributed by atoms with Gasteiger partial charge in [0, 0.05) is 12.6 Å². The van der Waals surface area contributed by atoms with Crippen molar-refractivity contribution in [1.29, 1.82) is 0 Å². The van der Waals surface area contributed by atoms with E-state index in [9.17, 15) is 13.2 Å². The molecule has 0 aromatic heterocycles. The number of amides is 1. The molecule has 1 aliphatic heterocycles. The molecule has 0 bridgehead atoms. The zero-order valence-corrected chi connectivity index (χ0v) is 13.4. The molecule has 2 rings (SSSR count). The summed E-state index contributed by atoms with van der Waals surface area (Å²) >= 11 is 0. The first-order valence-corrected chi connectivity index (χ1v) is 8.24. The minimum Gasteiger partial charge on any atom is -0.476 e. The number of nitrogens with one attached hydrogen (secondary N) is 2. The first-order valence-electron chi connectivity index (χ1n) is 6.76. The molecule has 0 spiro atoms. The van der Waals surface area contributed by atoms with Crippen LogP contribution in [0.5, 0.6) is 5.75 Å². The number of rotatable bonds is 4. The zero-order valence-electron chi connectivity index (χ0n) is 12.6. The number of hydrogen-bond acceptors (Lipinski definition) is 4. The second-order valence-electron chi connectivity index (χ2n) is 5.97. The normalized spacial score (nSPS) is 17.1. The molecule has 116 valence electrons. The number of sulfonamides is 1. The fourth-order valence-electron chi connectivity index (χ4n) is 1.81. The van der Waals surface area contributed by atoms with Gasteiger partial charge in [0.1, 0.15) is 5.75 Å². The van der Waals surface area contributed by atoms with Gasteiger partial charge in [0.25, 0.3) is 5.91 Å². The number of carbonyl (C=O) groups excluding carboxylic acids is 1. The number of benzene rings is 1. The van der Waals surface area contributed by atoms with E-state index in [1.165, 1.54) is 18.2 Å². The molecule has 0 saturated heterocycles. The van der Waals surface area contributed by atoms with Gasteiger partial charge >= 0.3 is 0 Å². The molecule has 1 heterocycles. The largest absolute Gasteiger partial charge is 0.476 e. The second kappa shape index (κ2) is 5.31. The van der Waals surface area contributed by atoms with Gasteiger partial charge in [-0.1, -0.05) is 13.8 Å². The third-order valence-corrected chi connectivity index (χ3v) is 4.53. The molecule has 0 aliphatic carbocycles. The Morgan fingerprint density at radius 1 is 1.33 bits per heavy atom. The summed E-state index contributed by atoms with van der Waals surface area (Å²) in [6.45, 7) is 7.47. The van der Waals surface area contributed by atoms with Crippen LogP contribution >= 0.6 is 0 Å². The molecule has 0 radical (unpaired) electrons. The molecular weight excluding hydrogens is 292 g/mol. The van der Waals surface area contributed by atoms with Crippen LogP contribution in [0.25, 0.3) is 0 Å². The first kappa shape index (κ1) is 15.8. The Morgan fingerprint density at radius 3 is 2.62 bits per heavy atom. The SMILES string of the molecule is CC(C)CNS(=O)(=O)c1ccc2c(c1)OC(C)(C)C(=O)N2. The van der Waals surface area contributed by atoms with Crippen LogP contribution in [0.3, 0.4) is 0 Å². The van der Waals surface area contributed by atoms with Crippen molar-refractivity contribution in [3.63, 3.8) is 0 Å². The lowest BCUT2D eigenvalue weighted by molar-refractivity contribution is -0.129. The number of carbonyl (C=O) groups is 1. The highest BCUT2D eigenvalue weighted by Gasteiger charge is 2.35. The summed E-state index contributed by atoms with van der Waals surface area (Å²) in [6.07, 6.45) is 0. The third-order valence-electron chi connectivity index (χ3n) is 3.11. The quantitative estimate of drug-likeness (QED) is 0.887. The average molecular weight is 312 g/mol. The summed E-state index contributed by atoms with van der Waals surface area (Å²) in [5, 5.41) is 2.70. The second-order valence-corrected chi connectivity index (χ2v) is 7.74. The Hall–Kier alpha value is -1.60.